The Morgan fingerprint density at radius 3 is 2.74 bits per heavy atom. The number of urea groups is 1. The zero-order valence-corrected chi connectivity index (χ0v) is 11.2. The molecule has 0 saturated carbocycles. The average molecular weight is 260 g/mol. The van der Waals surface area contributed by atoms with Crippen LogP contribution in [0.2, 0.25) is 0 Å². The minimum atomic E-state index is -0.255. The van der Waals surface area contributed by atoms with E-state index in [1.807, 2.05) is 24.3 Å². The number of benzene rings is 1. The molecule has 0 spiro atoms. The van der Waals surface area contributed by atoms with Crippen LogP contribution < -0.4 is 15.4 Å². The van der Waals surface area contributed by atoms with Gasteiger partial charge in [0, 0.05) is 18.7 Å². The molecule has 0 aliphatic carbocycles. The fraction of sp³-hybridized carbons (Fsp3) is 0.400. The van der Waals surface area contributed by atoms with Gasteiger partial charge in [0.2, 0.25) is 0 Å². The van der Waals surface area contributed by atoms with Crippen molar-refractivity contribution in [2.24, 2.45) is 0 Å². The summed E-state index contributed by atoms with van der Waals surface area (Å²) in [4.78, 5) is 11.5. The van der Waals surface area contributed by atoms with Crippen molar-refractivity contribution < 1.29 is 9.53 Å². The number of unbranched alkanes of at least 4 members (excludes halogenated alkanes) is 1. The maximum absolute atomic E-state index is 11.5. The van der Waals surface area contributed by atoms with E-state index in [-0.39, 0.29) is 6.03 Å². The van der Waals surface area contributed by atoms with E-state index in [0.29, 0.717) is 13.0 Å². The summed E-state index contributed by atoms with van der Waals surface area (Å²) in [6.45, 7) is 3.31. The molecule has 0 heterocycles. The molecule has 4 nitrogen and oxygen atoms in total. The number of amides is 2. The van der Waals surface area contributed by atoms with E-state index < -0.39 is 0 Å². The second kappa shape index (κ2) is 8.87. The maximum atomic E-state index is 11.5. The molecule has 0 aliphatic rings. The van der Waals surface area contributed by atoms with Crippen LogP contribution in [0.25, 0.3) is 0 Å². The number of carbonyl (C=O) groups excluding carboxylic acids is 1. The summed E-state index contributed by atoms with van der Waals surface area (Å²) < 4.78 is 5.54. The molecule has 1 rings (SSSR count). The number of terminal acetylenes is 1. The smallest absolute Gasteiger partial charge is 0.319 e. The van der Waals surface area contributed by atoms with E-state index in [2.05, 4.69) is 23.5 Å². The molecule has 1 aromatic rings. The van der Waals surface area contributed by atoms with Crippen molar-refractivity contribution in [2.45, 2.75) is 26.2 Å². The summed E-state index contributed by atoms with van der Waals surface area (Å²) in [6, 6.07) is 7.04. The van der Waals surface area contributed by atoms with E-state index in [1.54, 1.807) is 0 Å². The lowest BCUT2D eigenvalue weighted by Gasteiger charge is -2.08. The highest BCUT2D eigenvalue weighted by molar-refractivity contribution is 5.89. The Bertz CT molecular complexity index is 421. The Balaban J connectivity index is 2.35. The molecule has 19 heavy (non-hydrogen) atoms. The number of anilines is 1. The van der Waals surface area contributed by atoms with Crippen LogP contribution in [0.1, 0.15) is 26.2 Å². The Morgan fingerprint density at radius 1 is 1.37 bits per heavy atom. The zero-order chi connectivity index (χ0) is 13.9. The number of carbonyl (C=O) groups is 1. The van der Waals surface area contributed by atoms with Crippen LogP contribution in [0.5, 0.6) is 5.75 Å². The van der Waals surface area contributed by atoms with E-state index in [9.17, 15) is 4.79 Å². The highest BCUT2D eigenvalue weighted by atomic mass is 16.5. The van der Waals surface area contributed by atoms with Crippen molar-refractivity contribution in [3.05, 3.63) is 24.3 Å². The fourth-order valence-corrected chi connectivity index (χ4v) is 1.39. The predicted molar refractivity (Wildman–Crippen MR) is 77.3 cm³/mol. The van der Waals surface area contributed by atoms with Gasteiger partial charge in [-0.15, -0.1) is 12.3 Å². The topological polar surface area (TPSA) is 50.4 Å². The molecule has 0 radical (unpaired) electrons. The standard InChI is InChI=1S/C15H20N2O2/c1-3-5-11-16-15(18)17-13-7-9-14(10-8-13)19-12-6-4-2/h1,7-10H,4-6,11-12H2,2H3,(H2,16,17,18). The number of rotatable bonds is 7. The molecule has 0 fully saturated rings. The lowest BCUT2D eigenvalue weighted by Crippen LogP contribution is -2.29. The Kier molecular flexibility index (Phi) is 6.96. The molecule has 0 saturated heterocycles. The van der Waals surface area contributed by atoms with Crippen molar-refractivity contribution in [3.8, 4) is 18.1 Å². The maximum Gasteiger partial charge on any atom is 0.319 e. The SMILES string of the molecule is C#CCCNC(=O)Nc1ccc(OCCCC)cc1. The van der Waals surface area contributed by atoms with Crippen LogP contribution in [0.3, 0.4) is 0 Å². The highest BCUT2D eigenvalue weighted by Gasteiger charge is 2.00. The number of hydrogen-bond acceptors (Lipinski definition) is 2. The normalized spacial score (nSPS) is 9.47. The molecule has 4 heteroatoms. The first-order valence-corrected chi connectivity index (χ1v) is 6.47. The van der Waals surface area contributed by atoms with Crippen LogP contribution in [0, 0.1) is 12.3 Å². The predicted octanol–water partition coefficient (Wildman–Crippen LogP) is 3.01. The quantitative estimate of drug-likeness (QED) is 0.585. The van der Waals surface area contributed by atoms with Gasteiger partial charge in [0.25, 0.3) is 0 Å². The van der Waals surface area contributed by atoms with E-state index in [1.165, 1.54) is 0 Å². The van der Waals surface area contributed by atoms with Gasteiger partial charge in [-0.25, -0.2) is 4.79 Å². The van der Waals surface area contributed by atoms with Gasteiger partial charge in [0.1, 0.15) is 5.75 Å². The van der Waals surface area contributed by atoms with Crippen LogP contribution in [-0.2, 0) is 0 Å². The van der Waals surface area contributed by atoms with Gasteiger partial charge in [0.15, 0.2) is 0 Å². The van der Waals surface area contributed by atoms with Crippen LogP contribution >= 0.6 is 0 Å². The molecular formula is C15H20N2O2. The molecule has 2 amide bonds. The van der Waals surface area contributed by atoms with Gasteiger partial charge in [-0.1, -0.05) is 13.3 Å². The molecule has 0 aromatic heterocycles. The monoisotopic (exact) mass is 260 g/mol. The Morgan fingerprint density at radius 2 is 2.11 bits per heavy atom. The first-order chi connectivity index (χ1) is 9.26. The van der Waals surface area contributed by atoms with Gasteiger partial charge in [-0.2, -0.15) is 0 Å². The van der Waals surface area contributed by atoms with Crippen molar-refractivity contribution in [3.63, 3.8) is 0 Å². The second-order valence-corrected chi connectivity index (χ2v) is 4.06. The molecule has 102 valence electrons. The van der Waals surface area contributed by atoms with Gasteiger partial charge < -0.3 is 15.4 Å². The molecule has 0 atom stereocenters. The minimum absolute atomic E-state index is 0.255. The zero-order valence-electron chi connectivity index (χ0n) is 11.2. The lowest BCUT2D eigenvalue weighted by molar-refractivity contribution is 0.252. The van der Waals surface area contributed by atoms with Crippen LogP contribution in [0.15, 0.2) is 24.3 Å². The van der Waals surface area contributed by atoms with Crippen LogP contribution in [-0.4, -0.2) is 19.2 Å². The number of ether oxygens (including phenoxy) is 1. The number of nitrogens with one attached hydrogen (secondary N) is 2. The van der Waals surface area contributed by atoms with Gasteiger partial charge in [-0.05, 0) is 30.7 Å². The Labute approximate surface area is 114 Å². The van der Waals surface area contributed by atoms with Gasteiger partial charge >= 0.3 is 6.03 Å². The van der Waals surface area contributed by atoms with Gasteiger partial charge in [0.05, 0.1) is 6.61 Å². The molecule has 1 aromatic carbocycles. The average Bonchev–Trinajstić information content (AvgIpc) is 2.41. The van der Waals surface area contributed by atoms with E-state index >= 15 is 0 Å². The summed E-state index contributed by atoms with van der Waals surface area (Å²) in [5, 5.41) is 5.39. The third-order valence-electron chi connectivity index (χ3n) is 2.43. The first-order valence-electron chi connectivity index (χ1n) is 6.47. The Hall–Kier alpha value is -2.15. The summed E-state index contributed by atoms with van der Waals surface area (Å²) in [7, 11) is 0. The summed E-state index contributed by atoms with van der Waals surface area (Å²) in [5.41, 5.74) is 0.723. The molecular weight excluding hydrogens is 240 g/mol. The number of hydrogen-bond donors (Lipinski definition) is 2. The van der Waals surface area contributed by atoms with Crippen molar-refractivity contribution >= 4 is 11.7 Å². The van der Waals surface area contributed by atoms with Crippen molar-refractivity contribution in [1.29, 1.82) is 0 Å². The highest BCUT2D eigenvalue weighted by Crippen LogP contribution is 2.15. The second-order valence-electron chi connectivity index (χ2n) is 4.06. The summed E-state index contributed by atoms with van der Waals surface area (Å²) >= 11 is 0. The third-order valence-corrected chi connectivity index (χ3v) is 2.43. The van der Waals surface area contributed by atoms with Crippen molar-refractivity contribution in [2.75, 3.05) is 18.5 Å². The summed E-state index contributed by atoms with van der Waals surface area (Å²) in [5.74, 6) is 3.27. The largest absolute Gasteiger partial charge is 0.494 e. The van der Waals surface area contributed by atoms with Gasteiger partial charge in [-0.3, -0.25) is 0 Å². The first kappa shape index (κ1) is 14.9. The lowest BCUT2D eigenvalue weighted by atomic mass is 10.3. The molecule has 0 bridgehead atoms. The molecule has 0 aliphatic heterocycles. The van der Waals surface area contributed by atoms with E-state index in [4.69, 9.17) is 11.2 Å². The third kappa shape index (κ3) is 6.37. The molecule has 0 unspecified atom stereocenters. The minimum Gasteiger partial charge on any atom is -0.494 e. The van der Waals surface area contributed by atoms with Crippen molar-refractivity contribution in [1.82, 2.24) is 5.32 Å². The van der Waals surface area contributed by atoms with Crippen LogP contribution in [0.4, 0.5) is 10.5 Å². The molecule has 2 N–H and O–H groups in total. The fourth-order valence-electron chi connectivity index (χ4n) is 1.39. The van der Waals surface area contributed by atoms with E-state index in [0.717, 1.165) is 30.9 Å². The summed E-state index contributed by atoms with van der Waals surface area (Å²) in [6.07, 6.45) is 7.77.